The van der Waals surface area contributed by atoms with Gasteiger partial charge in [-0.1, -0.05) is 6.07 Å². The minimum atomic E-state index is -3.09. The largest absolute Gasteiger partial charge is 0.323 e. The fraction of sp³-hybridized carbons (Fsp3) is 0.417. The second-order valence-electron chi connectivity index (χ2n) is 4.61. The lowest BCUT2D eigenvalue weighted by molar-refractivity contribution is -0.116. The quantitative estimate of drug-likeness (QED) is 0.847. The van der Waals surface area contributed by atoms with E-state index in [2.05, 4.69) is 26.6 Å². The molecule has 0 spiro atoms. The van der Waals surface area contributed by atoms with Gasteiger partial charge in [0.15, 0.2) is 9.84 Å². The van der Waals surface area contributed by atoms with Crippen molar-refractivity contribution in [1.82, 2.24) is 5.32 Å². The molecule has 1 atom stereocenters. The van der Waals surface area contributed by atoms with E-state index in [1.54, 1.807) is 6.07 Å². The van der Waals surface area contributed by atoms with Crippen LogP contribution in [-0.2, 0) is 14.6 Å². The minimum absolute atomic E-state index is 0.0139. The predicted molar refractivity (Wildman–Crippen MR) is 77.8 cm³/mol. The van der Waals surface area contributed by atoms with Gasteiger partial charge in [-0.2, -0.15) is 0 Å². The van der Waals surface area contributed by atoms with E-state index in [4.69, 9.17) is 0 Å². The first-order valence-electron chi connectivity index (χ1n) is 6.05. The number of hydrogen-bond donors (Lipinski definition) is 2. The summed E-state index contributed by atoms with van der Waals surface area (Å²) in [6.07, 6.45) is -0.0139. The number of nitrogens with one attached hydrogen (secondary N) is 2. The number of hydrogen-bond acceptors (Lipinski definition) is 4. The summed E-state index contributed by atoms with van der Waals surface area (Å²) >= 11 is 3.15. The first-order valence-corrected chi connectivity index (χ1v) is 8.66. The van der Waals surface area contributed by atoms with Crippen LogP contribution in [0.3, 0.4) is 0 Å². The molecule has 0 saturated carbocycles. The lowest BCUT2D eigenvalue weighted by Crippen LogP contribution is -2.46. The fourth-order valence-electron chi connectivity index (χ4n) is 2.03. The van der Waals surface area contributed by atoms with Crippen LogP contribution in [0.1, 0.15) is 6.42 Å². The molecule has 1 aliphatic heterocycles. The normalized spacial score (nSPS) is 21.4. The van der Waals surface area contributed by atoms with E-state index in [1.165, 1.54) is 12.1 Å². The smallest absolute Gasteiger partial charge is 0.226 e. The Morgan fingerprint density at radius 3 is 2.90 bits per heavy atom. The molecular formula is C12H14BrFN2O3S. The first-order chi connectivity index (χ1) is 9.37. The molecule has 20 heavy (non-hydrogen) atoms. The van der Waals surface area contributed by atoms with Crippen LogP contribution in [0.2, 0.25) is 0 Å². The number of sulfone groups is 1. The summed E-state index contributed by atoms with van der Waals surface area (Å²) in [7, 11) is -3.09. The second-order valence-corrected chi connectivity index (χ2v) is 7.70. The van der Waals surface area contributed by atoms with Crippen molar-refractivity contribution in [3.63, 3.8) is 0 Å². The third-order valence-electron chi connectivity index (χ3n) is 2.96. The minimum Gasteiger partial charge on any atom is -0.323 e. The Kier molecular flexibility index (Phi) is 4.77. The third-order valence-corrected chi connectivity index (χ3v) is 5.36. The SMILES string of the molecule is O=C(CC1CS(=O)(=O)CCN1)Nc1c(F)cccc1Br. The molecule has 0 aliphatic carbocycles. The lowest BCUT2D eigenvalue weighted by atomic mass is 10.2. The number of anilines is 1. The zero-order valence-corrected chi connectivity index (χ0v) is 12.9. The molecule has 1 saturated heterocycles. The second kappa shape index (κ2) is 6.19. The number of carbonyl (C=O) groups excluding carboxylic acids is 1. The van der Waals surface area contributed by atoms with Crippen LogP contribution >= 0.6 is 15.9 Å². The molecule has 0 aromatic heterocycles. The average Bonchev–Trinajstić information content (AvgIpc) is 2.33. The molecule has 1 heterocycles. The van der Waals surface area contributed by atoms with Crippen molar-refractivity contribution in [2.45, 2.75) is 12.5 Å². The third kappa shape index (κ3) is 4.00. The van der Waals surface area contributed by atoms with Gasteiger partial charge in [-0.25, -0.2) is 12.8 Å². The molecule has 1 aliphatic rings. The molecule has 1 fully saturated rings. The molecule has 0 radical (unpaired) electrons. The summed E-state index contributed by atoms with van der Waals surface area (Å²) in [6.45, 7) is 0.337. The highest BCUT2D eigenvalue weighted by Crippen LogP contribution is 2.25. The van der Waals surface area contributed by atoms with Crippen LogP contribution < -0.4 is 10.6 Å². The summed E-state index contributed by atoms with van der Waals surface area (Å²) in [5.74, 6) is -0.953. The fourth-order valence-corrected chi connectivity index (χ4v) is 3.92. The molecule has 8 heteroatoms. The van der Waals surface area contributed by atoms with Gasteiger partial charge in [0.25, 0.3) is 0 Å². The molecule has 1 aromatic rings. The van der Waals surface area contributed by atoms with Gasteiger partial charge in [0.05, 0.1) is 17.2 Å². The van der Waals surface area contributed by atoms with Crippen LogP contribution in [0.25, 0.3) is 0 Å². The van der Waals surface area contributed by atoms with E-state index in [1.807, 2.05) is 0 Å². The highest BCUT2D eigenvalue weighted by Gasteiger charge is 2.26. The number of benzene rings is 1. The number of carbonyl (C=O) groups is 1. The number of halogens is 2. The van der Waals surface area contributed by atoms with Gasteiger partial charge in [0.1, 0.15) is 5.82 Å². The van der Waals surface area contributed by atoms with Crippen molar-refractivity contribution < 1.29 is 17.6 Å². The zero-order chi connectivity index (χ0) is 14.8. The predicted octanol–water partition coefficient (Wildman–Crippen LogP) is 1.30. The zero-order valence-electron chi connectivity index (χ0n) is 10.5. The van der Waals surface area contributed by atoms with E-state index in [-0.39, 0.29) is 23.6 Å². The molecule has 1 aromatic carbocycles. The maximum Gasteiger partial charge on any atom is 0.226 e. The van der Waals surface area contributed by atoms with Gasteiger partial charge in [-0.3, -0.25) is 4.79 Å². The van der Waals surface area contributed by atoms with Gasteiger partial charge in [-0.05, 0) is 28.1 Å². The number of amides is 1. The van der Waals surface area contributed by atoms with Gasteiger partial charge < -0.3 is 10.6 Å². The van der Waals surface area contributed by atoms with E-state index >= 15 is 0 Å². The van der Waals surface area contributed by atoms with Crippen LogP contribution in [0, 0.1) is 5.82 Å². The van der Waals surface area contributed by atoms with Crippen LogP contribution in [-0.4, -0.2) is 38.4 Å². The summed E-state index contributed by atoms with van der Waals surface area (Å²) in [6, 6.07) is 3.94. The Balaban J connectivity index is 1.99. The number of rotatable bonds is 3. The van der Waals surface area contributed by atoms with E-state index < -0.39 is 27.6 Å². The van der Waals surface area contributed by atoms with Gasteiger partial charge in [-0.15, -0.1) is 0 Å². The molecule has 1 amide bonds. The Hall–Kier alpha value is -0.990. The Morgan fingerprint density at radius 2 is 2.25 bits per heavy atom. The summed E-state index contributed by atoms with van der Waals surface area (Å²) in [5.41, 5.74) is 0.0659. The first kappa shape index (κ1) is 15.4. The molecule has 2 rings (SSSR count). The Morgan fingerprint density at radius 1 is 1.50 bits per heavy atom. The topological polar surface area (TPSA) is 75.3 Å². The summed E-state index contributed by atoms with van der Waals surface area (Å²) in [4.78, 5) is 11.9. The Labute approximate surface area is 125 Å². The summed E-state index contributed by atoms with van der Waals surface area (Å²) < 4.78 is 36.9. The van der Waals surface area contributed by atoms with Crippen LogP contribution in [0.5, 0.6) is 0 Å². The highest BCUT2D eigenvalue weighted by atomic mass is 79.9. The molecular weight excluding hydrogens is 351 g/mol. The van der Waals surface area contributed by atoms with Crippen molar-refractivity contribution in [3.05, 3.63) is 28.5 Å². The van der Waals surface area contributed by atoms with Gasteiger partial charge >= 0.3 is 0 Å². The van der Waals surface area contributed by atoms with Crippen molar-refractivity contribution in [1.29, 1.82) is 0 Å². The molecule has 0 bridgehead atoms. The molecule has 2 N–H and O–H groups in total. The van der Waals surface area contributed by atoms with E-state index in [0.29, 0.717) is 11.0 Å². The molecule has 1 unspecified atom stereocenters. The maximum atomic E-state index is 13.6. The van der Waals surface area contributed by atoms with Gasteiger partial charge in [0.2, 0.25) is 5.91 Å². The van der Waals surface area contributed by atoms with Crippen molar-refractivity contribution in [2.75, 3.05) is 23.4 Å². The maximum absolute atomic E-state index is 13.6. The highest BCUT2D eigenvalue weighted by molar-refractivity contribution is 9.10. The summed E-state index contributed by atoms with van der Waals surface area (Å²) in [5, 5.41) is 5.43. The van der Waals surface area contributed by atoms with Crippen molar-refractivity contribution in [3.8, 4) is 0 Å². The van der Waals surface area contributed by atoms with Crippen LogP contribution in [0.4, 0.5) is 10.1 Å². The van der Waals surface area contributed by atoms with Crippen molar-refractivity contribution in [2.24, 2.45) is 0 Å². The van der Waals surface area contributed by atoms with Crippen molar-refractivity contribution >= 4 is 37.4 Å². The number of para-hydroxylation sites is 1. The monoisotopic (exact) mass is 364 g/mol. The Bertz CT molecular complexity index is 601. The molecule has 110 valence electrons. The molecule has 5 nitrogen and oxygen atoms in total. The average molecular weight is 365 g/mol. The van der Waals surface area contributed by atoms with E-state index in [9.17, 15) is 17.6 Å². The lowest BCUT2D eigenvalue weighted by Gasteiger charge is -2.23. The van der Waals surface area contributed by atoms with E-state index in [0.717, 1.165) is 0 Å². The standard InChI is InChI=1S/C12H14BrFN2O3S/c13-9-2-1-3-10(14)12(9)16-11(17)6-8-7-20(18,19)5-4-15-8/h1-3,8,15H,4-7H2,(H,16,17). The van der Waals surface area contributed by atoms with Crippen LogP contribution in [0.15, 0.2) is 22.7 Å². The van der Waals surface area contributed by atoms with Gasteiger partial charge in [0, 0.05) is 23.5 Å².